The highest BCUT2D eigenvalue weighted by atomic mass is 16.5. The summed E-state index contributed by atoms with van der Waals surface area (Å²) >= 11 is 0. The molecule has 4 aromatic carbocycles. The van der Waals surface area contributed by atoms with E-state index in [1.807, 2.05) is 67.0 Å². The van der Waals surface area contributed by atoms with Crippen molar-refractivity contribution in [3.8, 4) is 34.4 Å². The Morgan fingerprint density at radius 1 is 0.450 bits per heavy atom. The van der Waals surface area contributed by atoms with E-state index in [2.05, 4.69) is 65.6 Å². The van der Waals surface area contributed by atoms with Gasteiger partial charge in [0.25, 0.3) is 0 Å². The van der Waals surface area contributed by atoms with Crippen molar-refractivity contribution in [2.24, 2.45) is 0 Å². The van der Waals surface area contributed by atoms with Gasteiger partial charge in [-0.3, -0.25) is 14.9 Å². The minimum Gasteiger partial charge on any atom is -0.454 e. The minimum absolute atomic E-state index is 0.626. The van der Waals surface area contributed by atoms with E-state index in [1.54, 1.807) is 0 Å². The van der Waals surface area contributed by atoms with Gasteiger partial charge in [-0.1, -0.05) is 66.7 Å². The van der Waals surface area contributed by atoms with Gasteiger partial charge in [0.1, 0.15) is 5.75 Å². The Labute approximate surface area is 230 Å². The predicted octanol–water partition coefficient (Wildman–Crippen LogP) is 8.52. The third-order valence-corrected chi connectivity index (χ3v) is 8.22. The normalized spacial score (nSPS) is 14.6. The fraction of sp³-hybridized carbons (Fsp3) is 0.0286. The van der Waals surface area contributed by atoms with Gasteiger partial charge in [-0.15, -0.1) is 0 Å². The molecule has 6 aromatic rings. The van der Waals surface area contributed by atoms with Crippen LogP contribution in [0, 0.1) is 0 Å². The van der Waals surface area contributed by atoms with Crippen LogP contribution in [0.1, 0.15) is 22.3 Å². The highest BCUT2D eigenvalue weighted by Gasteiger charge is 2.53. The largest absolute Gasteiger partial charge is 0.454 e. The minimum atomic E-state index is -0.626. The molecule has 0 fully saturated rings. The molecule has 5 nitrogen and oxygen atoms in total. The van der Waals surface area contributed by atoms with Crippen molar-refractivity contribution in [1.82, 2.24) is 9.97 Å². The lowest BCUT2D eigenvalue weighted by Crippen LogP contribution is -2.33. The van der Waals surface area contributed by atoms with Crippen LogP contribution in [0.25, 0.3) is 11.4 Å². The third-order valence-electron chi connectivity index (χ3n) is 8.22. The van der Waals surface area contributed by atoms with Gasteiger partial charge in [0.05, 0.1) is 33.9 Å². The molecular weight excluding hydrogens is 494 g/mol. The zero-order valence-electron chi connectivity index (χ0n) is 21.3. The van der Waals surface area contributed by atoms with E-state index in [9.17, 15) is 0 Å². The van der Waals surface area contributed by atoms with Crippen LogP contribution in [0.5, 0.6) is 23.0 Å². The van der Waals surface area contributed by atoms with Crippen molar-refractivity contribution < 1.29 is 9.47 Å². The molecular formula is C35H21N3O2. The lowest BCUT2D eigenvalue weighted by atomic mass is 9.66. The number of rotatable bonds is 1. The first-order chi connectivity index (χ1) is 19.9. The van der Waals surface area contributed by atoms with Crippen LogP contribution in [0.4, 0.5) is 17.1 Å². The Morgan fingerprint density at radius 2 is 0.975 bits per heavy atom. The average molecular weight is 516 g/mol. The molecule has 0 unspecified atom stereocenters. The molecule has 2 aliphatic heterocycles. The molecule has 0 radical (unpaired) electrons. The number of para-hydroxylation sites is 6. The Hall–Kier alpha value is -5.42. The second-order valence-corrected chi connectivity index (χ2v) is 10.2. The first kappa shape index (κ1) is 21.5. The van der Waals surface area contributed by atoms with Crippen molar-refractivity contribution in [2.75, 3.05) is 4.90 Å². The molecule has 3 aliphatic rings. The quantitative estimate of drug-likeness (QED) is 0.219. The third kappa shape index (κ3) is 2.61. The molecule has 1 spiro atoms. The van der Waals surface area contributed by atoms with Crippen LogP contribution in [0.2, 0.25) is 0 Å². The standard InChI is InChI=1S/C35H21N3O2/c1-4-17-29-22(10-1)35(23-12-8-20-36-32(23)33-24(35)13-9-21-37-33)25-11-7-16-28(34(25)40-29)38-26-14-2-5-18-30(26)39-31-19-6-3-15-27(31)38/h1-21H. The van der Waals surface area contributed by atoms with Gasteiger partial charge in [0, 0.05) is 23.5 Å². The topological polar surface area (TPSA) is 47.5 Å². The van der Waals surface area contributed by atoms with E-state index in [0.29, 0.717) is 0 Å². The fourth-order valence-corrected chi connectivity index (χ4v) is 6.71. The molecule has 5 heteroatoms. The number of anilines is 3. The van der Waals surface area contributed by atoms with E-state index in [1.165, 1.54) is 0 Å². The molecule has 0 saturated carbocycles. The average Bonchev–Trinajstić information content (AvgIpc) is 3.31. The maximum absolute atomic E-state index is 6.89. The highest BCUT2D eigenvalue weighted by Crippen LogP contribution is 2.64. The lowest BCUT2D eigenvalue weighted by Gasteiger charge is -2.41. The number of aromatic nitrogens is 2. The molecule has 40 heavy (non-hydrogen) atoms. The number of pyridine rings is 2. The number of benzene rings is 4. The number of hydrogen-bond donors (Lipinski definition) is 0. The van der Waals surface area contributed by atoms with E-state index in [0.717, 1.165) is 73.7 Å². The van der Waals surface area contributed by atoms with Crippen molar-refractivity contribution in [2.45, 2.75) is 5.41 Å². The number of fused-ring (bicyclic) bond motifs is 11. The zero-order chi connectivity index (χ0) is 26.3. The van der Waals surface area contributed by atoms with Crippen LogP contribution in [0.3, 0.4) is 0 Å². The monoisotopic (exact) mass is 515 g/mol. The molecule has 0 atom stereocenters. The van der Waals surface area contributed by atoms with Crippen LogP contribution >= 0.6 is 0 Å². The maximum atomic E-state index is 6.89. The summed E-state index contributed by atoms with van der Waals surface area (Å²) in [6.45, 7) is 0. The summed E-state index contributed by atoms with van der Waals surface area (Å²) < 4.78 is 13.2. The smallest absolute Gasteiger partial charge is 0.156 e. The number of ether oxygens (including phenoxy) is 2. The molecule has 0 saturated heterocycles. The molecule has 0 amide bonds. The molecule has 0 bridgehead atoms. The summed E-state index contributed by atoms with van der Waals surface area (Å²) in [5.74, 6) is 3.23. The molecule has 2 aromatic heterocycles. The Kier molecular flexibility index (Phi) is 4.20. The SMILES string of the molecule is c1ccc2c(c1)Oc1ccccc1N2c1cccc2c1Oc1ccccc1C21c2cccnc2-c2ncccc21. The van der Waals surface area contributed by atoms with Crippen LogP contribution in [-0.2, 0) is 5.41 Å². The molecule has 9 rings (SSSR count). The van der Waals surface area contributed by atoms with Crippen LogP contribution in [-0.4, -0.2) is 9.97 Å². The van der Waals surface area contributed by atoms with Crippen LogP contribution < -0.4 is 14.4 Å². The van der Waals surface area contributed by atoms with Crippen molar-refractivity contribution in [1.29, 1.82) is 0 Å². The van der Waals surface area contributed by atoms with Gasteiger partial charge in [-0.05, 0) is 59.7 Å². The Bertz CT molecular complexity index is 1910. The second kappa shape index (κ2) is 7.80. The number of hydrogen-bond acceptors (Lipinski definition) is 5. The van der Waals surface area contributed by atoms with Gasteiger partial charge in [0.2, 0.25) is 0 Å². The summed E-state index contributed by atoms with van der Waals surface area (Å²) in [4.78, 5) is 11.9. The zero-order valence-corrected chi connectivity index (χ0v) is 21.3. The van der Waals surface area contributed by atoms with Gasteiger partial charge < -0.3 is 9.47 Å². The number of nitrogens with zero attached hydrogens (tertiary/aromatic N) is 3. The Balaban J connectivity index is 1.40. The predicted molar refractivity (Wildman–Crippen MR) is 154 cm³/mol. The van der Waals surface area contributed by atoms with Crippen molar-refractivity contribution in [3.63, 3.8) is 0 Å². The fourth-order valence-electron chi connectivity index (χ4n) is 6.71. The first-order valence-electron chi connectivity index (χ1n) is 13.3. The van der Waals surface area contributed by atoms with E-state index in [4.69, 9.17) is 19.4 Å². The highest BCUT2D eigenvalue weighted by molar-refractivity contribution is 5.92. The van der Waals surface area contributed by atoms with Gasteiger partial charge >= 0.3 is 0 Å². The van der Waals surface area contributed by atoms with E-state index < -0.39 is 5.41 Å². The van der Waals surface area contributed by atoms with Gasteiger partial charge in [-0.25, -0.2) is 0 Å². The molecule has 188 valence electrons. The van der Waals surface area contributed by atoms with E-state index in [-0.39, 0.29) is 0 Å². The van der Waals surface area contributed by atoms with E-state index >= 15 is 0 Å². The molecule has 0 N–H and O–H groups in total. The second-order valence-electron chi connectivity index (χ2n) is 10.2. The van der Waals surface area contributed by atoms with Crippen molar-refractivity contribution >= 4 is 17.1 Å². The summed E-state index contributed by atoms with van der Waals surface area (Å²) in [7, 11) is 0. The summed E-state index contributed by atoms with van der Waals surface area (Å²) in [6.07, 6.45) is 3.70. The van der Waals surface area contributed by atoms with Crippen molar-refractivity contribution in [3.05, 3.63) is 150 Å². The summed E-state index contributed by atoms with van der Waals surface area (Å²) in [5.41, 5.74) is 8.43. The lowest BCUT2D eigenvalue weighted by molar-refractivity contribution is 0.436. The summed E-state index contributed by atoms with van der Waals surface area (Å²) in [6, 6.07) is 39.4. The Morgan fingerprint density at radius 3 is 1.65 bits per heavy atom. The van der Waals surface area contributed by atoms with Gasteiger partial charge in [-0.2, -0.15) is 0 Å². The molecule has 4 heterocycles. The van der Waals surface area contributed by atoms with Gasteiger partial charge in [0.15, 0.2) is 17.2 Å². The van der Waals surface area contributed by atoms with Crippen LogP contribution in [0.15, 0.2) is 128 Å². The molecule has 1 aliphatic carbocycles. The summed E-state index contributed by atoms with van der Waals surface area (Å²) in [5, 5.41) is 0. The maximum Gasteiger partial charge on any atom is 0.156 e. The first-order valence-corrected chi connectivity index (χ1v) is 13.3.